The average Bonchev–Trinajstić information content (AvgIpc) is 2.99. The molecule has 2 saturated heterocycles. The van der Waals surface area contributed by atoms with E-state index in [4.69, 9.17) is 4.74 Å². The van der Waals surface area contributed by atoms with Crippen LogP contribution in [0, 0.1) is 5.41 Å². The van der Waals surface area contributed by atoms with Crippen LogP contribution < -0.4 is 5.69 Å². The lowest BCUT2D eigenvalue weighted by molar-refractivity contribution is -0.131. The fourth-order valence-electron chi connectivity index (χ4n) is 3.01. The van der Waals surface area contributed by atoms with Crippen LogP contribution >= 0.6 is 0 Å². The number of aromatic nitrogens is 3. The number of likely N-dealkylation sites (tertiary alicyclic amines) is 1. The van der Waals surface area contributed by atoms with E-state index in [0.29, 0.717) is 0 Å². The largest absolute Gasteiger partial charge is 0.381 e. The van der Waals surface area contributed by atoms with Crippen LogP contribution in [0.3, 0.4) is 0 Å². The maximum absolute atomic E-state index is 12.2. The normalized spacial score (nSPS) is 27.1. The summed E-state index contributed by atoms with van der Waals surface area (Å²) in [5.41, 5.74) is -0.196. The molecule has 1 N–H and O–H groups in total. The van der Waals surface area contributed by atoms with Crippen molar-refractivity contribution < 1.29 is 9.53 Å². The van der Waals surface area contributed by atoms with Crippen LogP contribution in [-0.4, -0.2) is 51.9 Å². The van der Waals surface area contributed by atoms with Crippen molar-refractivity contribution in [1.29, 1.82) is 0 Å². The molecule has 0 bridgehead atoms. The van der Waals surface area contributed by atoms with E-state index in [2.05, 4.69) is 10.2 Å². The molecule has 3 rings (SSSR count). The molecule has 1 aromatic heterocycles. The van der Waals surface area contributed by atoms with Crippen molar-refractivity contribution in [1.82, 2.24) is 19.7 Å². The fourth-order valence-corrected chi connectivity index (χ4v) is 3.01. The second-order valence-electron chi connectivity index (χ2n) is 5.51. The van der Waals surface area contributed by atoms with Crippen molar-refractivity contribution >= 4 is 5.91 Å². The van der Waals surface area contributed by atoms with Gasteiger partial charge in [-0.25, -0.2) is 9.89 Å². The van der Waals surface area contributed by atoms with E-state index in [0.717, 1.165) is 45.6 Å². The summed E-state index contributed by atoms with van der Waals surface area (Å²) in [5.74, 6) is -0.0223. The van der Waals surface area contributed by atoms with Crippen molar-refractivity contribution in [2.45, 2.75) is 25.8 Å². The number of carbonyl (C=O) groups excluding carboxylic acids is 1. The number of carbonyl (C=O) groups is 1. The van der Waals surface area contributed by atoms with E-state index in [9.17, 15) is 9.59 Å². The smallest absolute Gasteiger partial charge is 0.343 e. The third-order valence-electron chi connectivity index (χ3n) is 4.12. The monoisotopic (exact) mass is 266 g/mol. The molecule has 2 aliphatic heterocycles. The summed E-state index contributed by atoms with van der Waals surface area (Å²) < 4.78 is 6.85. The van der Waals surface area contributed by atoms with Gasteiger partial charge in [-0.15, -0.1) is 0 Å². The minimum Gasteiger partial charge on any atom is -0.381 e. The Bertz CT molecular complexity index is 515. The van der Waals surface area contributed by atoms with Gasteiger partial charge in [0.2, 0.25) is 5.91 Å². The lowest BCUT2D eigenvalue weighted by Gasteiger charge is -2.32. The summed E-state index contributed by atoms with van der Waals surface area (Å²) in [6.45, 7) is 3.15. The fraction of sp³-hybridized carbons (Fsp3) is 0.750. The summed E-state index contributed by atoms with van der Waals surface area (Å²) in [7, 11) is 0. The van der Waals surface area contributed by atoms with Crippen molar-refractivity contribution in [2.75, 3.05) is 26.3 Å². The molecule has 7 heteroatoms. The van der Waals surface area contributed by atoms with Gasteiger partial charge in [-0.3, -0.25) is 9.36 Å². The Morgan fingerprint density at radius 3 is 3.11 bits per heavy atom. The standard InChI is InChI=1S/C12H18N4O3/c17-10(6-16-9-13-14-11(16)18)15-4-3-12(7-15)2-1-5-19-8-12/h9H,1-8H2,(H,14,18). The van der Waals surface area contributed by atoms with Crippen LogP contribution in [0.5, 0.6) is 0 Å². The maximum atomic E-state index is 12.2. The molecule has 2 fully saturated rings. The predicted molar refractivity (Wildman–Crippen MR) is 66.5 cm³/mol. The first-order chi connectivity index (χ1) is 9.19. The molecule has 19 heavy (non-hydrogen) atoms. The van der Waals surface area contributed by atoms with Gasteiger partial charge in [0.05, 0.1) is 6.61 Å². The summed E-state index contributed by atoms with van der Waals surface area (Å²) in [5, 5.41) is 5.91. The molecule has 104 valence electrons. The number of nitrogens with one attached hydrogen (secondary N) is 1. The number of H-pyrrole nitrogens is 1. The Morgan fingerprint density at radius 1 is 1.53 bits per heavy atom. The van der Waals surface area contributed by atoms with E-state index < -0.39 is 0 Å². The van der Waals surface area contributed by atoms with E-state index in [1.54, 1.807) is 0 Å². The minimum absolute atomic E-state index is 0.0223. The minimum atomic E-state index is -0.344. The third kappa shape index (κ3) is 2.42. The average molecular weight is 266 g/mol. The molecule has 0 saturated carbocycles. The van der Waals surface area contributed by atoms with Gasteiger partial charge in [-0.2, -0.15) is 5.10 Å². The van der Waals surface area contributed by atoms with Gasteiger partial charge in [0.1, 0.15) is 12.9 Å². The first-order valence-corrected chi connectivity index (χ1v) is 6.64. The Kier molecular flexibility index (Phi) is 3.14. The molecular weight excluding hydrogens is 248 g/mol. The Balaban J connectivity index is 1.63. The summed E-state index contributed by atoms with van der Waals surface area (Å²) >= 11 is 0. The van der Waals surface area contributed by atoms with Crippen molar-refractivity contribution in [3.05, 3.63) is 16.8 Å². The van der Waals surface area contributed by atoms with Crippen molar-refractivity contribution in [3.8, 4) is 0 Å². The van der Waals surface area contributed by atoms with Gasteiger partial charge in [0.25, 0.3) is 0 Å². The summed E-state index contributed by atoms with van der Waals surface area (Å²) in [6.07, 6.45) is 4.56. The molecule has 1 unspecified atom stereocenters. The first kappa shape index (κ1) is 12.4. The highest BCUT2D eigenvalue weighted by atomic mass is 16.5. The Hall–Kier alpha value is -1.63. The highest BCUT2D eigenvalue weighted by molar-refractivity contribution is 5.76. The van der Waals surface area contributed by atoms with Crippen LogP contribution in [0.15, 0.2) is 11.1 Å². The van der Waals surface area contributed by atoms with Gasteiger partial charge in [-0.05, 0) is 19.3 Å². The van der Waals surface area contributed by atoms with Crippen LogP contribution in [0.25, 0.3) is 0 Å². The molecule has 7 nitrogen and oxygen atoms in total. The highest BCUT2D eigenvalue weighted by Crippen LogP contribution is 2.37. The van der Waals surface area contributed by atoms with Crippen LogP contribution in [0.2, 0.25) is 0 Å². The van der Waals surface area contributed by atoms with Gasteiger partial charge < -0.3 is 9.64 Å². The molecule has 0 radical (unpaired) electrons. The van der Waals surface area contributed by atoms with Gasteiger partial charge in [0.15, 0.2) is 0 Å². The molecule has 1 atom stereocenters. The van der Waals surface area contributed by atoms with E-state index in [1.165, 1.54) is 10.9 Å². The van der Waals surface area contributed by atoms with Crippen LogP contribution in [0.1, 0.15) is 19.3 Å². The second-order valence-corrected chi connectivity index (χ2v) is 5.51. The molecule has 1 aromatic rings. The van der Waals surface area contributed by atoms with Gasteiger partial charge >= 0.3 is 5.69 Å². The lowest BCUT2D eigenvalue weighted by atomic mass is 9.82. The summed E-state index contributed by atoms with van der Waals surface area (Å²) in [6, 6.07) is 0. The number of ether oxygens (including phenoxy) is 1. The van der Waals surface area contributed by atoms with Crippen LogP contribution in [-0.2, 0) is 16.1 Å². The number of nitrogens with zero attached hydrogens (tertiary/aromatic N) is 3. The number of rotatable bonds is 2. The Labute approximate surface area is 110 Å². The molecule has 0 aromatic carbocycles. The SMILES string of the molecule is O=C(Cn1cn[nH]c1=O)N1CCC2(CCCOC2)C1. The predicted octanol–water partition coefficient (Wildman–Crippen LogP) is -0.400. The molecule has 0 aliphatic carbocycles. The maximum Gasteiger partial charge on any atom is 0.343 e. The number of amides is 1. The zero-order valence-electron chi connectivity index (χ0n) is 10.8. The molecule has 1 amide bonds. The number of hydrogen-bond donors (Lipinski definition) is 1. The second kappa shape index (κ2) is 4.80. The van der Waals surface area contributed by atoms with Crippen LogP contribution in [0.4, 0.5) is 0 Å². The van der Waals surface area contributed by atoms with E-state index >= 15 is 0 Å². The van der Waals surface area contributed by atoms with Gasteiger partial charge in [-0.1, -0.05) is 0 Å². The highest BCUT2D eigenvalue weighted by Gasteiger charge is 2.41. The molecular formula is C12H18N4O3. The summed E-state index contributed by atoms with van der Waals surface area (Å²) in [4.78, 5) is 25.3. The van der Waals surface area contributed by atoms with Crippen molar-refractivity contribution in [3.63, 3.8) is 0 Å². The first-order valence-electron chi connectivity index (χ1n) is 6.64. The zero-order valence-corrected chi connectivity index (χ0v) is 10.8. The van der Waals surface area contributed by atoms with E-state index in [1.807, 2.05) is 4.90 Å². The van der Waals surface area contributed by atoms with Gasteiger partial charge in [0, 0.05) is 25.1 Å². The number of hydrogen-bond acceptors (Lipinski definition) is 4. The number of aromatic amines is 1. The lowest BCUT2D eigenvalue weighted by Crippen LogP contribution is -2.39. The third-order valence-corrected chi connectivity index (χ3v) is 4.12. The molecule has 3 heterocycles. The molecule has 2 aliphatic rings. The zero-order chi connectivity index (χ0) is 13.3. The van der Waals surface area contributed by atoms with Crippen molar-refractivity contribution in [2.24, 2.45) is 5.41 Å². The van der Waals surface area contributed by atoms with E-state index in [-0.39, 0.29) is 23.6 Å². The Morgan fingerprint density at radius 2 is 2.42 bits per heavy atom. The molecule has 1 spiro atoms. The quantitative estimate of drug-likeness (QED) is 0.790. The topological polar surface area (TPSA) is 80.2 Å².